The summed E-state index contributed by atoms with van der Waals surface area (Å²) < 4.78 is 0. The number of likely N-dealkylation sites (tertiary alicyclic amines) is 1. The topological polar surface area (TPSA) is 41.8 Å². The lowest BCUT2D eigenvalue weighted by atomic mass is 9.85. The van der Waals surface area contributed by atoms with Gasteiger partial charge in [0.25, 0.3) is 0 Å². The number of carbonyl (C=O) groups excluding carboxylic acids is 2. The third-order valence-electron chi connectivity index (χ3n) is 5.51. The third-order valence-corrected chi connectivity index (χ3v) is 5.51. The number of hydrogen-bond acceptors (Lipinski definition) is 2. The number of rotatable bonds is 3. The highest BCUT2D eigenvalue weighted by Gasteiger charge is 2.48. The number of nitrogens with one attached hydrogen (secondary N) is 1. The van der Waals surface area contributed by atoms with Crippen LogP contribution < -0.4 is 4.90 Å². The zero-order valence-electron chi connectivity index (χ0n) is 13.8. The van der Waals surface area contributed by atoms with E-state index in [1.807, 2.05) is 18.2 Å². The van der Waals surface area contributed by atoms with Gasteiger partial charge in [0.15, 0.2) is 6.67 Å². The smallest absolute Gasteiger partial charge is 0.237 e. The summed E-state index contributed by atoms with van der Waals surface area (Å²) in [6, 6.07) is 10.4. The molecule has 1 aliphatic carbocycles. The van der Waals surface area contributed by atoms with E-state index in [0.29, 0.717) is 6.67 Å². The lowest BCUT2D eigenvalue weighted by Crippen LogP contribution is -3.14. The first-order valence-electron chi connectivity index (χ1n) is 8.82. The molecule has 4 rings (SSSR count). The van der Waals surface area contributed by atoms with Crippen LogP contribution in [0.4, 0.5) is 0 Å². The second-order valence-electron chi connectivity index (χ2n) is 6.97. The van der Waals surface area contributed by atoms with E-state index in [1.54, 1.807) is 0 Å². The van der Waals surface area contributed by atoms with Gasteiger partial charge in [0, 0.05) is 6.42 Å². The Morgan fingerprint density at radius 3 is 2.25 bits per heavy atom. The zero-order chi connectivity index (χ0) is 16.5. The van der Waals surface area contributed by atoms with Gasteiger partial charge in [-0.05, 0) is 30.1 Å². The first kappa shape index (κ1) is 15.3. The quantitative estimate of drug-likeness (QED) is 0.672. The van der Waals surface area contributed by atoms with Crippen molar-refractivity contribution in [2.75, 3.05) is 19.8 Å². The zero-order valence-corrected chi connectivity index (χ0v) is 13.8. The molecule has 2 amide bonds. The van der Waals surface area contributed by atoms with Crippen LogP contribution in [0.2, 0.25) is 0 Å². The molecule has 4 heteroatoms. The van der Waals surface area contributed by atoms with Crippen LogP contribution in [0.1, 0.15) is 24.8 Å². The fraction of sp³-hybridized carbons (Fsp3) is 0.400. The molecule has 0 radical (unpaired) electrons. The molecule has 0 saturated carbocycles. The Hall–Kier alpha value is -2.20. The molecule has 1 fully saturated rings. The molecule has 24 heavy (non-hydrogen) atoms. The highest BCUT2D eigenvalue weighted by Crippen LogP contribution is 2.34. The maximum absolute atomic E-state index is 12.6. The van der Waals surface area contributed by atoms with Gasteiger partial charge in [-0.3, -0.25) is 9.59 Å². The number of fused-ring (bicyclic) bond motifs is 1. The van der Waals surface area contributed by atoms with Crippen molar-refractivity contribution in [2.45, 2.75) is 19.3 Å². The molecule has 4 nitrogen and oxygen atoms in total. The summed E-state index contributed by atoms with van der Waals surface area (Å²) in [5, 5.41) is 0. The molecule has 3 atom stereocenters. The van der Waals surface area contributed by atoms with Crippen LogP contribution in [0.5, 0.6) is 0 Å². The molecule has 2 heterocycles. The normalized spacial score (nSPS) is 29.6. The van der Waals surface area contributed by atoms with Crippen molar-refractivity contribution in [1.29, 1.82) is 0 Å². The van der Waals surface area contributed by atoms with E-state index in [1.165, 1.54) is 20.9 Å². The molecule has 0 aromatic heterocycles. The third kappa shape index (κ3) is 2.71. The molecule has 124 valence electrons. The van der Waals surface area contributed by atoms with E-state index in [2.05, 4.69) is 30.3 Å². The fourth-order valence-corrected chi connectivity index (χ4v) is 4.09. The van der Waals surface area contributed by atoms with Crippen LogP contribution in [0, 0.1) is 11.8 Å². The summed E-state index contributed by atoms with van der Waals surface area (Å²) in [5.41, 5.74) is 2.65. The van der Waals surface area contributed by atoms with E-state index < -0.39 is 0 Å². The predicted molar refractivity (Wildman–Crippen MR) is 91.8 cm³/mol. The van der Waals surface area contributed by atoms with Gasteiger partial charge in [-0.2, -0.15) is 0 Å². The van der Waals surface area contributed by atoms with Crippen LogP contribution in [0.3, 0.4) is 0 Å². The second-order valence-corrected chi connectivity index (χ2v) is 6.97. The second kappa shape index (κ2) is 6.36. The largest absolute Gasteiger partial charge is 0.314 e. The number of allylic oxidation sites excluding steroid dienone is 2. The maximum Gasteiger partial charge on any atom is 0.237 e. The van der Waals surface area contributed by atoms with Crippen molar-refractivity contribution in [3.8, 4) is 0 Å². The Morgan fingerprint density at radius 2 is 1.67 bits per heavy atom. The van der Waals surface area contributed by atoms with Gasteiger partial charge in [-0.15, -0.1) is 0 Å². The number of benzene rings is 1. The Balaban J connectivity index is 1.41. The van der Waals surface area contributed by atoms with Crippen molar-refractivity contribution >= 4 is 17.4 Å². The lowest BCUT2D eigenvalue weighted by molar-refractivity contribution is -0.902. The molecular formula is C20H23N2O2+. The van der Waals surface area contributed by atoms with E-state index in [4.69, 9.17) is 0 Å². The molecule has 1 saturated heterocycles. The molecule has 1 unspecified atom stereocenters. The van der Waals surface area contributed by atoms with Crippen LogP contribution in [-0.2, 0) is 9.59 Å². The van der Waals surface area contributed by atoms with Gasteiger partial charge < -0.3 is 4.90 Å². The average Bonchev–Trinajstić information content (AvgIpc) is 2.88. The number of carbonyl (C=O) groups is 2. The molecule has 1 N–H and O–H groups in total. The summed E-state index contributed by atoms with van der Waals surface area (Å²) >= 11 is 0. The summed E-state index contributed by atoms with van der Waals surface area (Å²) in [4.78, 5) is 27.9. The molecule has 1 aromatic carbocycles. The van der Waals surface area contributed by atoms with E-state index in [0.717, 1.165) is 32.4 Å². The van der Waals surface area contributed by atoms with Crippen LogP contribution in [0.25, 0.3) is 5.57 Å². The highest BCUT2D eigenvalue weighted by molar-refractivity contribution is 6.05. The van der Waals surface area contributed by atoms with Crippen LogP contribution >= 0.6 is 0 Å². The van der Waals surface area contributed by atoms with Crippen molar-refractivity contribution in [3.05, 3.63) is 54.1 Å². The van der Waals surface area contributed by atoms with Crippen molar-refractivity contribution in [2.24, 2.45) is 11.8 Å². The van der Waals surface area contributed by atoms with Gasteiger partial charge in [-0.25, -0.2) is 4.90 Å². The predicted octanol–water partition coefficient (Wildman–Crippen LogP) is 1.27. The first-order chi connectivity index (χ1) is 11.7. The monoisotopic (exact) mass is 323 g/mol. The fourth-order valence-electron chi connectivity index (χ4n) is 4.09. The number of nitrogens with zero attached hydrogens (tertiary/aromatic N) is 1. The SMILES string of the molecule is O=C1[C@H]2CC=CC[C@H]2C(=O)N1C[NH+]1CC=C(c2ccccc2)CC1. The molecule has 2 aliphatic heterocycles. The summed E-state index contributed by atoms with van der Waals surface area (Å²) in [5.74, 6) is -0.136. The van der Waals surface area contributed by atoms with Crippen LogP contribution in [-0.4, -0.2) is 36.5 Å². The van der Waals surface area contributed by atoms with E-state index in [-0.39, 0.29) is 23.7 Å². The Bertz CT molecular complexity index is 682. The molecule has 0 spiro atoms. The summed E-state index contributed by atoms with van der Waals surface area (Å²) in [6.07, 6.45) is 8.77. The minimum Gasteiger partial charge on any atom is -0.314 e. The molecule has 0 bridgehead atoms. The highest BCUT2D eigenvalue weighted by atomic mass is 16.2. The maximum atomic E-state index is 12.6. The first-order valence-corrected chi connectivity index (χ1v) is 8.82. The molecule has 3 aliphatic rings. The Kier molecular flexibility index (Phi) is 4.07. The number of hydrogen-bond donors (Lipinski definition) is 1. The molecule has 1 aromatic rings. The molecular weight excluding hydrogens is 300 g/mol. The average molecular weight is 323 g/mol. The van der Waals surface area contributed by atoms with Crippen molar-refractivity contribution < 1.29 is 14.5 Å². The lowest BCUT2D eigenvalue weighted by Gasteiger charge is -2.27. The summed E-state index contributed by atoms with van der Waals surface area (Å²) in [7, 11) is 0. The summed E-state index contributed by atoms with van der Waals surface area (Å²) in [6.45, 7) is 2.35. The minimum absolute atomic E-state index is 0.0414. The number of quaternary nitrogens is 1. The van der Waals surface area contributed by atoms with Crippen LogP contribution in [0.15, 0.2) is 48.6 Å². The van der Waals surface area contributed by atoms with Crippen molar-refractivity contribution in [3.63, 3.8) is 0 Å². The Morgan fingerprint density at radius 1 is 1.00 bits per heavy atom. The van der Waals surface area contributed by atoms with E-state index >= 15 is 0 Å². The van der Waals surface area contributed by atoms with Gasteiger partial charge in [-0.1, -0.05) is 42.5 Å². The minimum atomic E-state index is -0.109. The van der Waals surface area contributed by atoms with Gasteiger partial charge in [0.05, 0.1) is 24.9 Å². The van der Waals surface area contributed by atoms with Crippen molar-refractivity contribution in [1.82, 2.24) is 4.90 Å². The Labute approximate surface area is 142 Å². The van der Waals surface area contributed by atoms with Gasteiger partial charge in [0.1, 0.15) is 0 Å². The van der Waals surface area contributed by atoms with Gasteiger partial charge in [0.2, 0.25) is 11.8 Å². The number of amides is 2. The van der Waals surface area contributed by atoms with Gasteiger partial charge >= 0.3 is 0 Å². The number of imide groups is 1. The standard InChI is InChI=1S/C20H22N2O2/c23-19-17-8-4-5-9-18(17)20(24)22(19)14-21-12-10-16(11-13-21)15-6-2-1-3-7-15/h1-7,10,17-18H,8-9,11-14H2/p+1/t17-,18+. The van der Waals surface area contributed by atoms with E-state index in [9.17, 15) is 9.59 Å².